The standard InChI is InChI=1S/C20H21N3O3S/c24-20(22-21-19-11-10-15-6-1-2-9-18(15)19)16-7-5-8-17(14-16)27(25,26)23-12-3-4-13-23/h1-2,5-9,14H,3-4,10-13H2,(H,22,24)/b21-19+. The normalized spacial score (nSPS) is 18.6. The first kappa shape index (κ1) is 17.9. The molecule has 1 amide bonds. The molecule has 1 fully saturated rings. The lowest BCUT2D eigenvalue weighted by Crippen LogP contribution is -2.28. The second kappa shape index (κ2) is 7.25. The molecule has 2 aromatic carbocycles. The predicted molar refractivity (Wildman–Crippen MR) is 103 cm³/mol. The van der Waals surface area contributed by atoms with Crippen LogP contribution in [0.25, 0.3) is 0 Å². The van der Waals surface area contributed by atoms with Crippen molar-refractivity contribution in [3.8, 4) is 0 Å². The predicted octanol–water partition coefficient (Wildman–Crippen LogP) is 2.55. The smallest absolute Gasteiger partial charge is 0.267 e. The molecule has 2 aliphatic rings. The van der Waals surface area contributed by atoms with Crippen molar-refractivity contribution in [3.63, 3.8) is 0 Å². The Hall–Kier alpha value is -2.51. The summed E-state index contributed by atoms with van der Waals surface area (Å²) in [7, 11) is -3.55. The minimum atomic E-state index is -3.55. The van der Waals surface area contributed by atoms with Gasteiger partial charge in [0.2, 0.25) is 10.0 Å². The Labute approximate surface area is 158 Å². The molecule has 0 radical (unpaired) electrons. The number of rotatable bonds is 4. The summed E-state index contributed by atoms with van der Waals surface area (Å²) < 4.78 is 26.8. The van der Waals surface area contributed by atoms with Gasteiger partial charge in [0.15, 0.2) is 0 Å². The van der Waals surface area contributed by atoms with Crippen LogP contribution in [-0.2, 0) is 16.4 Å². The molecule has 1 aliphatic heterocycles. The molecule has 6 nitrogen and oxygen atoms in total. The van der Waals surface area contributed by atoms with Crippen LogP contribution in [0.5, 0.6) is 0 Å². The van der Waals surface area contributed by atoms with E-state index in [1.54, 1.807) is 12.1 Å². The van der Waals surface area contributed by atoms with Gasteiger partial charge >= 0.3 is 0 Å². The maximum Gasteiger partial charge on any atom is 0.271 e. The van der Waals surface area contributed by atoms with Crippen LogP contribution in [0.2, 0.25) is 0 Å². The number of nitrogens with one attached hydrogen (secondary N) is 1. The Bertz CT molecular complexity index is 1010. The molecule has 140 valence electrons. The third-order valence-electron chi connectivity index (χ3n) is 5.05. The van der Waals surface area contributed by atoms with Crippen LogP contribution in [0.1, 0.15) is 40.7 Å². The Kier molecular flexibility index (Phi) is 4.80. The van der Waals surface area contributed by atoms with Gasteiger partial charge in [-0.2, -0.15) is 9.41 Å². The van der Waals surface area contributed by atoms with E-state index in [0.29, 0.717) is 13.1 Å². The monoisotopic (exact) mass is 383 g/mol. The van der Waals surface area contributed by atoms with Crippen LogP contribution in [0, 0.1) is 0 Å². The highest BCUT2D eigenvalue weighted by Gasteiger charge is 2.27. The van der Waals surface area contributed by atoms with Crippen molar-refractivity contribution in [3.05, 3.63) is 65.2 Å². The van der Waals surface area contributed by atoms with Gasteiger partial charge in [-0.05, 0) is 49.4 Å². The van der Waals surface area contributed by atoms with Gasteiger partial charge in [0.1, 0.15) is 0 Å². The first-order valence-corrected chi connectivity index (χ1v) is 10.5. The molecule has 0 spiro atoms. The van der Waals surface area contributed by atoms with Crippen LogP contribution in [0.15, 0.2) is 58.5 Å². The number of aryl methyl sites for hydroxylation is 1. The highest BCUT2D eigenvalue weighted by molar-refractivity contribution is 7.89. The average molecular weight is 383 g/mol. The van der Waals surface area contributed by atoms with Crippen molar-refractivity contribution in [1.29, 1.82) is 0 Å². The first-order chi connectivity index (χ1) is 13.1. The lowest BCUT2D eigenvalue weighted by atomic mass is 10.1. The summed E-state index contributed by atoms with van der Waals surface area (Å²) in [6.07, 6.45) is 3.44. The number of carbonyl (C=O) groups excluding carboxylic acids is 1. The largest absolute Gasteiger partial charge is 0.271 e. The average Bonchev–Trinajstić information content (AvgIpc) is 3.37. The maximum atomic E-state index is 12.7. The van der Waals surface area contributed by atoms with Crippen LogP contribution in [-0.4, -0.2) is 37.4 Å². The third-order valence-corrected chi connectivity index (χ3v) is 6.95. The number of hydrogen-bond acceptors (Lipinski definition) is 4. The number of amides is 1. The van der Waals surface area contributed by atoms with Gasteiger partial charge in [0.25, 0.3) is 5.91 Å². The lowest BCUT2D eigenvalue weighted by molar-refractivity contribution is 0.0954. The Morgan fingerprint density at radius 1 is 1.00 bits per heavy atom. The summed E-state index contributed by atoms with van der Waals surface area (Å²) >= 11 is 0. The fourth-order valence-electron chi connectivity index (χ4n) is 3.58. The third kappa shape index (κ3) is 3.52. The number of carbonyl (C=O) groups is 1. The van der Waals surface area contributed by atoms with E-state index < -0.39 is 15.9 Å². The quantitative estimate of drug-likeness (QED) is 0.824. The highest BCUT2D eigenvalue weighted by Crippen LogP contribution is 2.23. The second-order valence-corrected chi connectivity index (χ2v) is 8.73. The number of fused-ring (bicyclic) bond motifs is 1. The van der Waals surface area contributed by atoms with E-state index in [1.807, 2.05) is 18.2 Å². The lowest BCUT2D eigenvalue weighted by Gasteiger charge is -2.15. The van der Waals surface area contributed by atoms with Gasteiger partial charge in [0, 0.05) is 24.2 Å². The molecule has 0 saturated carbocycles. The van der Waals surface area contributed by atoms with E-state index >= 15 is 0 Å². The molecule has 7 heteroatoms. The molecule has 1 saturated heterocycles. The van der Waals surface area contributed by atoms with Crippen molar-refractivity contribution in [1.82, 2.24) is 9.73 Å². The van der Waals surface area contributed by atoms with Gasteiger partial charge < -0.3 is 0 Å². The van der Waals surface area contributed by atoms with Crippen molar-refractivity contribution < 1.29 is 13.2 Å². The molecule has 0 unspecified atom stereocenters. The van der Waals surface area contributed by atoms with E-state index in [4.69, 9.17) is 0 Å². The molecule has 1 N–H and O–H groups in total. The van der Waals surface area contributed by atoms with E-state index in [-0.39, 0.29) is 10.5 Å². The minimum Gasteiger partial charge on any atom is -0.267 e. The fraction of sp³-hybridized carbons (Fsp3) is 0.300. The number of hydrogen-bond donors (Lipinski definition) is 1. The van der Waals surface area contributed by atoms with Crippen LogP contribution in [0.3, 0.4) is 0 Å². The molecule has 27 heavy (non-hydrogen) atoms. The zero-order chi connectivity index (χ0) is 18.9. The van der Waals surface area contributed by atoms with Crippen LogP contribution < -0.4 is 5.43 Å². The van der Waals surface area contributed by atoms with Crippen molar-refractivity contribution in [2.24, 2.45) is 5.10 Å². The zero-order valence-electron chi connectivity index (χ0n) is 14.9. The van der Waals surface area contributed by atoms with Gasteiger partial charge in [-0.1, -0.05) is 30.3 Å². The SMILES string of the molecule is O=C(N/N=C1\CCc2ccccc21)c1cccc(S(=O)(=O)N2CCCC2)c1. The van der Waals surface area contributed by atoms with E-state index in [9.17, 15) is 13.2 Å². The molecule has 1 heterocycles. The molecular formula is C20H21N3O3S. The van der Waals surface area contributed by atoms with Gasteiger partial charge in [-0.15, -0.1) is 0 Å². The number of nitrogens with zero attached hydrogens (tertiary/aromatic N) is 2. The number of sulfonamides is 1. The Morgan fingerprint density at radius 2 is 1.78 bits per heavy atom. The van der Waals surface area contributed by atoms with Gasteiger partial charge in [-0.3, -0.25) is 4.79 Å². The van der Waals surface area contributed by atoms with Gasteiger partial charge in [-0.25, -0.2) is 13.8 Å². The van der Waals surface area contributed by atoms with E-state index in [1.165, 1.54) is 22.0 Å². The molecule has 0 bridgehead atoms. The Balaban J connectivity index is 1.53. The molecule has 0 atom stereocenters. The summed E-state index contributed by atoms with van der Waals surface area (Å²) in [6, 6.07) is 14.1. The van der Waals surface area contributed by atoms with Crippen LogP contribution >= 0.6 is 0 Å². The number of benzene rings is 2. The van der Waals surface area contributed by atoms with E-state index in [0.717, 1.165) is 37.0 Å². The van der Waals surface area contributed by atoms with Crippen molar-refractivity contribution >= 4 is 21.6 Å². The zero-order valence-corrected chi connectivity index (χ0v) is 15.7. The minimum absolute atomic E-state index is 0.149. The molecular weight excluding hydrogens is 362 g/mol. The summed E-state index contributed by atoms with van der Waals surface area (Å²) in [6.45, 7) is 1.07. The highest BCUT2D eigenvalue weighted by atomic mass is 32.2. The molecule has 4 rings (SSSR count). The van der Waals surface area contributed by atoms with Crippen molar-refractivity contribution in [2.45, 2.75) is 30.6 Å². The molecule has 2 aromatic rings. The summed E-state index contributed by atoms with van der Waals surface area (Å²) in [5.74, 6) is -0.412. The van der Waals surface area contributed by atoms with E-state index in [2.05, 4.69) is 16.6 Å². The summed E-state index contributed by atoms with van der Waals surface area (Å²) in [5.41, 5.74) is 5.99. The van der Waals surface area contributed by atoms with Crippen molar-refractivity contribution in [2.75, 3.05) is 13.1 Å². The fourth-order valence-corrected chi connectivity index (χ4v) is 5.15. The first-order valence-electron chi connectivity index (χ1n) is 9.11. The summed E-state index contributed by atoms with van der Waals surface area (Å²) in [5, 5.41) is 4.27. The topological polar surface area (TPSA) is 78.8 Å². The van der Waals surface area contributed by atoms with Gasteiger partial charge in [0.05, 0.1) is 10.6 Å². The second-order valence-electron chi connectivity index (χ2n) is 6.80. The van der Waals surface area contributed by atoms with Crippen LogP contribution in [0.4, 0.5) is 0 Å². The Morgan fingerprint density at radius 3 is 2.59 bits per heavy atom. The summed E-state index contributed by atoms with van der Waals surface area (Å²) in [4.78, 5) is 12.6. The molecule has 1 aliphatic carbocycles. The maximum absolute atomic E-state index is 12.7. The molecule has 0 aromatic heterocycles. The number of hydrazone groups is 1.